The Morgan fingerprint density at radius 3 is 2.69 bits per heavy atom. The Kier molecular flexibility index (Phi) is 7.42. The molecule has 0 aromatic heterocycles. The molecule has 2 unspecified atom stereocenters. The van der Waals surface area contributed by atoms with E-state index in [0.717, 1.165) is 30.3 Å². The van der Waals surface area contributed by atoms with E-state index in [0.29, 0.717) is 24.4 Å². The Hall–Kier alpha value is -2.11. The molecule has 0 spiro atoms. The summed E-state index contributed by atoms with van der Waals surface area (Å²) in [5, 5.41) is 11.4. The fraction of sp³-hybridized carbons (Fsp3) is 0.400. The average Bonchev–Trinajstić information content (AvgIpc) is 2.63. The van der Waals surface area contributed by atoms with E-state index in [1.165, 1.54) is 0 Å². The van der Waals surface area contributed by atoms with Crippen molar-refractivity contribution in [2.75, 3.05) is 19.6 Å². The summed E-state index contributed by atoms with van der Waals surface area (Å²) in [6.07, 6.45) is 1.26. The summed E-state index contributed by atoms with van der Waals surface area (Å²) in [6.45, 7) is 4.35. The van der Waals surface area contributed by atoms with Crippen LogP contribution in [0.15, 0.2) is 42.5 Å². The Morgan fingerprint density at radius 1 is 1.15 bits per heavy atom. The van der Waals surface area contributed by atoms with Gasteiger partial charge in [0.05, 0.1) is 0 Å². The number of rotatable bonds is 5. The molecular formula is C20H26ClN3O2. The molecule has 2 atom stereocenters. The Labute approximate surface area is 160 Å². The molecule has 6 heteroatoms. The molecule has 3 rings (SSSR count). The first-order valence-corrected chi connectivity index (χ1v) is 8.90. The number of fused-ring (bicyclic) bond motifs is 1. The molecular weight excluding hydrogens is 350 g/mol. The third-order valence-corrected chi connectivity index (χ3v) is 4.78. The molecule has 2 aromatic rings. The fourth-order valence-electron chi connectivity index (χ4n) is 3.23. The summed E-state index contributed by atoms with van der Waals surface area (Å²) in [7, 11) is 0. The monoisotopic (exact) mass is 375 g/mol. The lowest BCUT2D eigenvalue weighted by Gasteiger charge is -2.30. The zero-order chi connectivity index (χ0) is 17.6. The van der Waals surface area contributed by atoms with Crippen LogP contribution in [0.5, 0.6) is 0 Å². The molecule has 5 nitrogen and oxygen atoms in total. The molecule has 1 heterocycles. The SMILES string of the molecule is CC1CNCCC1NC(=O)CCNC(=O)c1ccc2ccccc2c1.Cl. The predicted octanol–water partition coefficient (Wildman–Crippen LogP) is 2.50. The van der Waals surface area contributed by atoms with Gasteiger partial charge in [0, 0.05) is 24.6 Å². The van der Waals surface area contributed by atoms with E-state index in [1.54, 1.807) is 0 Å². The molecule has 1 fully saturated rings. The number of piperidine rings is 1. The van der Waals surface area contributed by atoms with Crippen molar-refractivity contribution in [3.8, 4) is 0 Å². The molecule has 26 heavy (non-hydrogen) atoms. The Bertz CT molecular complexity index is 766. The van der Waals surface area contributed by atoms with Gasteiger partial charge in [-0.1, -0.05) is 37.3 Å². The highest BCUT2D eigenvalue weighted by Crippen LogP contribution is 2.15. The minimum atomic E-state index is -0.145. The van der Waals surface area contributed by atoms with Crippen molar-refractivity contribution in [3.05, 3.63) is 48.0 Å². The van der Waals surface area contributed by atoms with Gasteiger partial charge in [0.15, 0.2) is 0 Å². The van der Waals surface area contributed by atoms with Gasteiger partial charge in [-0.2, -0.15) is 0 Å². The molecule has 0 bridgehead atoms. The second-order valence-corrected chi connectivity index (χ2v) is 6.71. The lowest BCUT2D eigenvalue weighted by Crippen LogP contribution is -2.48. The summed E-state index contributed by atoms with van der Waals surface area (Å²) >= 11 is 0. The normalized spacial score (nSPS) is 19.4. The van der Waals surface area contributed by atoms with Crippen molar-refractivity contribution < 1.29 is 9.59 Å². The second kappa shape index (κ2) is 9.55. The molecule has 2 amide bonds. The minimum absolute atomic E-state index is 0. The van der Waals surface area contributed by atoms with Crippen molar-refractivity contribution in [2.24, 2.45) is 5.92 Å². The first-order valence-electron chi connectivity index (χ1n) is 8.90. The Balaban J connectivity index is 0.00000243. The van der Waals surface area contributed by atoms with Gasteiger partial charge in [0.2, 0.25) is 5.91 Å². The molecule has 1 saturated heterocycles. The van der Waals surface area contributed by atoms with E-state index in [9.17, 15) is 9.59 Å². The van der Waals surface area contributed by atoms with Crippen molar-refractivity contribution in [2.45, 2.75) is 25.8 Å². The number of halogens is 1. The van der Waals surface area contributed by atoms with Crippen LogP contribution < -0.4 is 16.0 Å². The number of hydrogen-bond donors (Lipinski definition) is 3. The van der Waals surface area contributed by atoms with Crippen LogP contribution in [0.3, 0.4) is 0 Å². The lowest BCUT2D eigenvalue weighted by molar-refractivity contribution is -0.122. The maximum atomic E-state index is 12.3. The maximum absolute atomic E-state index is 12.3. The zero-order valence-electron chi connectivity index (χ0n) is 15.0. The molecule has 0 saturated carbocycles. The van der Waals surface area contributed by atoms with Crippen LogP contribution in [0.2, 0.25) is 0 Å². The highest BCUT2D eigenvalue weighted by molar-refractivity contribution is 5.98. The largest absolute Gasteiger partial charge is 0.353 e. The van der Waals surface area contributed by atoms with E-state index >= 15 is 0 Å². The third-order valence-electron chi connectivity index (χ3n) is 4.78. The van der Waals surface area contributed by atoms with Crippen molar-refractivity contribution in [1.29, 1.82) is 0 Å². The molecule has 140 valence electrons. The topological polar surface area (TPSA) is 70.2 Å². The molecule has 1 aliphatic rings. The lowest BCUT2D eigenvalue weighted by atomic mass is 9.95. The van der Waals surface area contributed by atoms with E-state index in [2.05, 4.69) is 22.9 Å². The third kappa shape index (κ3) is 5.19. The van der Waals surface area contributed by atoms with Crippen LogP contribution >= 0.6 is 12.4 Å². The maximum Gasteiger partial charge on any atom is 0.251 e. The fourth-order valence-corrected chi connectivity index (χ4v) is 3.23. The molecule has 0 aliphatic carbocycles. The van der Waals surface area contributed by atoms with Crippen LogP contribution in [0.25, 0.3) is 10.8 Å². The number of benzene rings is 2. The van der Waals surface area contributed by atoms with Gasteiger partial charge in [-0.25, -0.2) is 0 Å². The smallest absolute Gasteiger partial charge is 0.251 e. The highest BCUT2D eigenvalue weighted by atomic mass is 35.5. The average molecular weight is 376 g/mol. The van der Waals surface area contributed by atoms with Gasteiger partial charge in [-0.05, 0) is 48.3 Å². The molecule has 1 aliphatic heterocycles. The van der Waals surface area contributed by atoms with Gasteiger partial charge >= 0.3 is 0 Å². The van der Waals surface area contributed by atoms with Crippen LogP contribution in [0, 0.1) is 5.92 Å². The van der Waals surface area contributed by atoms with Crippen molar-refractivity contribution in [3.63, 3.8) is 0 Å². The summed E-state index contributed by atoms with van der Waals surface area (Å²) in [5.74, 6) is 0.288. The summed E-state index contributed by atoms with van der Waals surface area (Å²) < 4.78 is 0. The number of hydrogen-bond acceptors (Lipinski definition) is 3. The van der Waals surface area contributed by atoms with Crippen LogP contribution in [-0.4, -0.2) is 37.5 Å². The quantitative estimate of drug-likeness (QED) is 0.752. The van der Waals surface area contributed by atoms with E-state index in [-0.39, 0.29) is 30.3 Å². The highest BCUT2D eigenvalue weighted by Gasteiger charge is 2.22. The minimum Gasteiger partial charge on any atom is -0.353 e. The summed E-state index contributed by atoms with van der Waals surface area (Å²) in [5.41, 5.74) is 0.617. The number of carbonyl (C=O) groups is 2. The first kappa shape index (κ1) is 20.2. The second-order valence-electron chi connectivity index (χ2n) is 6.71. The number of carbonyl (C=O) groups excluding carboxylic acids is 2. The van der Waals surface area contributed by atoms with Crippen molar-refractivity contribution >= 4 is 35.0 Å². The van der Waals surface area contributed by atoms with Gasteiger partial charge in [-0.3, -0.25) is 9.59 Å². The first-order chi connectivity index (χ1) is 12.1. The van der Waals surface area contributed by atoms with Gasteiger partial charge in [-0.15, -0.1) is 12.4 Å². The van der Waals surface area contributed by atoms with Crippen LogP contribution in [-0.2, 0) is 4.79 Å². The summed E-state index contributed by atoms with van der Waals surface area (Å²) in [6, 6.07) is 13.8. The van der Waals surface area contributed by atoms with Gasteiger partial charge in [0.1, 0.15) is 0 Å². The molecule has 3 N–H and O–H groups in total. The Morgan fingerprint density at radius 2 is 1.92 bits per heavy atom. The summed E-state index contributed by atoms with van der Waals surface area (Å²) in [4.78, 5) is 24.3. The van der Waals surface area contributed by atoms with Crippen LogP contribution in [0.1, 0.15) is 30.1 Å². The van der Waals surface area contributed by atoms with E-state index in [1.807, 2.05) is 42.5 Å². The van der Waals surface area contributed by atoms with Gasteiger partial charge < -0.3 is 16.0 Å². The zero-order valence-corrected chi connectivity index (χ0v) is 15.8. The van der Waals surface area contributed by atoms with E-state index < -0.39 is 0 Å². The standard InChI is InChI=1S/C20H25N3O2.ClH/c1-14-13-21-10-8-18(14)23-19(24)9-11-22-20(25)17-7-6-15-4-2-3-5-16(15)12-17;/h2-7,12,14,18,21H,8-11,13H2,1H3,(H,22,25)(H,23,24);1H. The predicted molar refractivity (Wildman–Crippen MR) is 107 cm³/mol. The van der Waals surface area contributed by atoms with Crippen LogP contribution in [0.4, 0.5) is 0 Å². The van der Waals surface area contributed by atoms with E-state index in [4.69, 9.17) is 0 Å². The number of amides is 2. The number of nitrogens with one attached hydrogen (secondary N) is 3. The van der Waals surface area contributed by atoms with Gasteiger partial charge in [0.25, 0.3) is 5.91 Å². The molecule has 0 radical (unpaired) electrons. The van der Waals surface area contributed by atoms with Crippen molar-refractivity contribution in [1.82, 2.24) is 16.0 Å². The molecule has 2 aromatic carbocycles.